The van der Waals surface area contributed by atoms with Gasteiger partial charge in [0.1, 0.15) is 0 Å². The molecule has 1 aliphatic carbocycles. The first kappa shape index (κ1) is 28.2. The number of rotatable bonds is 10. The van der Waals surface area contributed by atoms with E-state index in [1.54, 1.807) is 19.1 Å². The number of hydrogen-bond acceptors (Lipinski definition) is 2. The van der Waals surface area contributed by atoms with Gasteiger partial charge in [-0.15, -0.1) is 0 Å². The van der Waals surface area contributed by atoms with E-state index in [2.05, 4.69) is 12.1 Å². The topological polar surface area (TPSA) is 29.5 Å². The molecule has 0 aromatic heterocycles. The highest BCUT2D eigenvalue weighted by atomic mass is 19.2. The molecule has 0 saturated heterocycles. The van der Waals surface area contributed by atoms with Crippen LogP contribution in [0.15, 0.2) is 48.5 Å². The first-order valence-corrected chi connectivity index (χ1v) is 13.7. The van der Waals surface area contributed by atoms with Gasteiger partial charge in [0.25, 0.3) is 0 Å². The van der Waals surface area contributed by atoms with Crippen molar-refractivity contribution in [2.24, 2.45) is 0 Å². The second-order valence-electron chi connectivity index (χ2n) is 10.3. The maximum Gasteiger partial charge on any atom is 0.200 e. The summed E-state index contributed by atoms with van der Waals surface area (Å²) < 4.78 is 63.1. The van der Waals surface area contributed by atoms with Gasteiger partial charge in [0.15, 0.2) is 23.2 Å². The minimum Gasteiger partial charge on any atom is -0.491 e. The molecule has 0 bridgehead atoms. The van der Waals surface area contributed by atoms with Crippen molar-refractivity contribution in [3.8, 4) is 5.75 Å². The Balaban J connectivity index is 1.34. The number of aliphatic hydroxyl groups is 1. The van der Waals surface area contributed by atoms with Gasteiger partial charge < -0.3 is 9.84 Å². The molecule has 0 amide bonds. The van der Waals surface area contributed by atoms with Gasteiger partial charge in [-0.2, -0.15) is 4.39 Å². The minimum atomic E-state index is -0.983. The third-order valence-electron chi connectivity index (χ3n) is 7.79. The Morgan fingerprint density at radius 3 is 2.11 bits per heavy atom. The number of hydrogen-bond donors (Lipinski definition) is 1. The molecule has 2 nitrogen and oxygen atoms in total. The summed E-state index contributed by atoms with van der Waals surface area (Å²) in [4.78, 5) is 0. The minimum absolute atomic E-state index is 0.0391. The second kappa shape index (κ2) is 12.8. The molecule has 3 aromatic rings. The Morgan fingerprint density at radius 1 is 0.763 bits per heavy atom. The van der Waals surface area contributed by atoms with Gasteiger partial charge in [-0.25, -0.2) is 13.2 Å². The maximum absolute atomic E-state index is 14.9. The van der Waals surface area contributed by atoms with Crippen LogP contribution in [0.1, 0.15) is 98.1 Å². The molecule has 1 unspecified atom stereocenters. The standard InChI is InChI=1S/C32H36F4O2/c1-3-5-27(37)26-18-17-25(30(34)31(26)35)23-14-12-22(13-15-23)21-9-6-20(7-10-21)8-11-24-16-19-28(38-4-2)32(36)29(24)33/h6-7,9-10,16-19,22-23,27,37H,3-5,8,11-15H2,1-2H3. The number of aliphatic hydroxyl groups excluding tert-OH is 1. The molecule has 4 rings (SSSR count). The molecule has 0 heterocycles. The molecule has 3 aromatic carbocycles. The van der Waals surface area contributed by atoms with Crippen molar-refractivity contribution in [1.82, 2.24) is 0 Å². The van der Waals surface area contributed by atoms with Gasteiger partial charge in [0.05, 0.1) is 12.7 Å². The van der Waals surface area contributed by atoms with Crippen LogP contribution < -0.4 is 4.74 Å². The Hall–Kier alpha value is -2.86. The lowest BCUT2D eigenvalue weighted by molar-refractivity contribution is 0.160. The quantitative estimate of drug-likeness (QED) is 0.267. The van der Waals surface area contributed by atoms with Gasteiger partial charge in [0, 0.05) is 5.56 Å². The zero-order valence-corrected chi connectivity index (χ0v) is 22.1. The van der Waals surface area contributed by atoms with Gasteiger partial charge in [-0.05, 0) is 92.0 Å². The molecule has 1 fully saturated rings. The van der Waals surface area contributed by atoms with Crippen molar-refractivity contribution < 1.29 is 27.4 Å². The smallest absolute Gasteiger partial charge is 0.200 e. The van der Waals surface area contributed by atoms with E-state index in [0.717, 1.165) is 31.2 Å². The van der Waals surface area contributed by atoms with Crippen LogP contribution in [0.3, 0.4) is 0 Å². The fourth-order valence-electron chi connectivity index (χ4n) is 5.59. The summed E-state index contributed by atoms with van der Waals surface area (Å²) in [6, 6.07) is 14.4. The van der Waals surface area contributed by atoms with Gasteiger partial charge in [-0.3, -0.25) is 0 Å². The normalized spacial score (nSPS) is 18.4. The van der Waals surface area contributed by atoms with Crippen LogP contribution in [-0.2, 0) is 12.8 Å². The molecule has 1 aliphatic rings. The Labute approximate surface area is 222 Å². The maximum atomic E-state index is 14.9. The van der Waals surface area contributed by atoms with E-state index >= 15 is 0 Å². The predicted octanol–water partition coefficient (Wildman–Crippen LogP) is 8.70. The molecule has 0 spiro atoms. The zero-order chi connectivity index (χ0) is 27.2. The molecule has 6 heteroatoms. The molecular formula is C32H36F4O2. The van der Waals surface area contributed by atoms with Crippen molar-refractivity contribution in [3.63, 3.8) is 0 Å². The fourth-order valence-corrected chi connectivity index (χ4v) is 5.59. The summed E-state index contributed by atoms with van der Waals surface area (Å²) in [6.07, 6.45) is 4.37. The molecule has 0 radical (unpaired) electrons. The summed E-state index contributed by atoms with van der Waals surface area (Å²) in [6.45, 7) is 3.89. The van der Waals surface area contributed by atoms with Crippen molar-refractivity contribution in [3.05, 3.63) is 99.6 Å². The molecule has 204 valence electrons. The van der Waals surface area contributed by atoms with Gasteiger partial charge >= 0.3 is 0 Å². The number of halogens is 4. The second-order valence-corrected chi connectivity index (χ2v) is 10.3. The first-order chi connectivity index (χ1) is 18.3. The molecule has 38 heavy (non-hydrogen) atoms. The number of benzene rings is 3. The molecular weight excluding hydrogens is 492 g/mol. The predicted molar refractivity (Wildman–Crippen MR) is 142 cm³/mol. The largest absolute Gasteiger partial charge is 0.491 e. The molecule has 1 N–H and O–H groups in total. The van der Waals surface area contributed by atoms with Crippen molar-refractivity contribution >= 4 is 0 Å². The van der Waals surface area contributed by atoms with E-state index in [9.17, 15) is 22.7 Å². The lowest BCUT2D eigenvalue weighted by Gasteiger charge is -2.30. The van der Waals surface area contributed by atoms with Crippen LogP contribution in [-0.4, -0.2) is 11.7 Å². The third-order valence-corrected chi connectivity index (χ3v) is 7.79. The third kappa shape index (κ3) is 6.23. The van der Waals surface area contributed by atoms with Gasteiger partial charge in [0.2, 0.25) is 5.82 Å². The van der Waals surface area contributed by atoms with E-state index in [1.807, 2.05) is 19.1 Å². The van der Waals surface area contributed by atoms with Crippen LogP contribution in [0.2, 0.25) is 0 Å². The molecule has 1 atom stereocenters. The van der Waals surface area contributed by atoms with E-state index in [4.69, 9.17) is 4.74 Å². The van der Waals surface area contributed by atoms with Crippen LogP contribution >= 0.6 is 0 Å². The van der Waals surface area contributed by atoms with E-state index in [1.165, 1.54) is 17.7 Å². The van der Waals surface area contributed by atoms with E-state index < -0.39 is 29.4 Å². The van der Waals surface area contributed by atoms with Crippen molar-refractivity contribution in [2.75, 3.05) is 6.61 Å². The monoisotopic (exact) mass is 528 g/mol. The average Bonchev–Trinajstić information content (AvgIpc) is 2.93. The SMILES string of the molecule is CCCC(O)c1ccc(C2CCC(c3ccc(CCc4ccc(OCC)c(F)c4F)cc3)CC2)c(F)c1F. The van der Waals surface area contributed by atoms with Crippen LogP contribution in [0.25, 0.3) is 0 Å². The molecule has 1 saturated carbocycles. The lowest BCUT2D eigenvalue weighted by atomic mass is 9.75. The number of aryl methyl sites for hydroxylation is 2. The highest BCUT2D eigenvalue weighted by Crippen LogP contribution is 2.42. The van der Waals surface area contributed by atoms with Crippen molar-refractivity contribution in [2.45, 2.75) is 83.2 Å². The highest BCUT2D eigenvalue weighted by Gasteiger charge is 2.28. The summed E-state index contributed by atoms with van der Waals surface area (Å²) in [7, 11) is 0. The summed E-state index contributed by atoms with van der Waals surface area (Å²) in [5.74, 6) is -3.31. The highest BCUT2D eigenvalue weighted by molar-refractivity contribution is 5.34. The summed E-state index contributed by atoms with van der Waals surface area (Å²) in [5, 5.41) is 10.1. The Morgan fingerprint density at radius 2 is 1.45 bits per heavy atom. The van der Waals surface area contributed by atoms with Gasteiger partial charge in [-0.1, -0.05) is 55.8 Å². The van der Waals surface area contributed by atoms with E-state index in [-0.39, 0.29) is 23.8 Å². The average molecular weight is 529 g/mol. The number of ether oxygens (including phenoxy) is 1. The van der Waals surface area contributed by atoms with Crippen LogP contribution in [0, 0.1) is 23.3 Å². The van der Waals surface area contributed by atoms with Crippen molar-refractivity contribution in [1.29, 1.82) is 0 Å². The summed E-state index contributed by atoms with van der Waals surface area (Å²) in [5.41, 5.74) is 3.01. The van der Waals surface area contributed by atoms with Crippen LogP contribution in [0.5, 0.6) is 5.75 Å². The Kier molecular flexibility index (Phi) is 9.48. The lowest BCUT2D eigenvalue weighted by Crippen LogP contribution is -2.15. The first-order valence-electron chi connectivity index (χ1n) is 13.7. The molecule has 0 aliphatic heterocycles. The van der Waals surface area contributed by atoms with Crippen LogP contribution in [0.4, 0.5) is 17.6 Å². The zero-order valence-electron chi connectivity index (χ0n) is 22.1. The summed E-state index contributed by atoms with van der Waals surface area (Å²) >= 11 is 0. The van der Waals surface area contributed by atoms with E-state index in [0.29, 0.717) is 42.7 Å². The fraction of sp³-hybridized carbons (Fsp3) is 0.438. The Bertz CT molecular complexity index is 1220.